The van der Waals surface area contributed by atoms with Crippen molar-refractivity contribution in [3.05, 3.63) is 22.4 Å². The highest BCUT2D eigenvalue weighted by Gasteiger charge is 2.44. The molecule has 1 N–H and O–H groups in total. The average Bonchev–Trinajstić information content (AvgIpc) is 2.93. The number of ether oxygens (including phenoxy) is 1. The van der Waals surface area contributed by atoms with Crippen molar-refractivity contribution in [2.45, 2.75) is 45.2 Å². The van der Waals surface area contributed by atoms with Crippen LogP contribution in [0, 0.1) is 11.8 Å². The monoisotopic (exact) mass is 281 g/mol. The van der Waals surface area contributed by atoms with Crippen molar-refractivity contribution in [1.82, 2.24) is 5.32 Å². The minimum Gasteiger partial charge on any atom is -0.468 e. The van der Waals surface area contributed by atoms with Crippen LogP contribution in [-0.2, 0) is 16.1 Å². The molecule has 1 aliphatic carbocycles. The van der Waals surface area contributed by atoms with E-state index in [4.69, 9.17) is 4.74 Å². The molecule has 1 heterocycles. The Balaban J connectivity index is 2.09. The summed E-state index contributed by atoms with van der Waals surface area (Å²) >= 11 is 1.72. The third kappa shape index (κ3) is 3.18. The fourth-order valence-electron chi connectivity index (χ4n) is 2.89. The molecule has 3 unspecified atom stereocenters. The number of carbonyl (C=O) groups excluding carboxylic acids is 1. The molecule has 0 amide bonds. The molecule has 106 valence electrons. The lowest BCUT2D eigenvalue weighted by Crippen LogP contribution is -2.55. The first-order valence-corrected chi connectivity index (χ1v) is 7.81. The molecule has 0 radical (unpaired) electrons. The lowest BCUT2D eigenvalue weighted by Gasteiger charge is -2.41. The Hall–Kier alpha value is -0.870. The van der Waals surface area contributed by atoms with Crippen LogP contribution < -0.4 is 5.32 Å². The second-order valence-electron chi connectivity index (χ2n) is 5.70. The number of carbonyl (C=O) groups is 1. The third-order valence-corrected chi connectivity index (χ3v) is 5.30. The quantitative estimate of drug-likeness (QED) is 0.861. The van der Waals surface area contributed by atoms with Gasteiger partial charge in [0.1, 0.15) is 5.54 Å². The Morgan fingerprint density at radius 1 is 1.53 bits per heavy atom. The van der Waals surface area contributed by atoms with Crippen LogP contribution in [0.4, 0.5) is 0 Å². The van der Waals surface area contributed by atoms with Gasteiger partial charge in [0.25, 0.3) is 0 Å². The fourth-order valence-corrected chi connectivity index (χ4v) is 3.54. The summed E-state index contributed by atoms with van der Waals surface area (Å²) in [5.41, 5.74) is -0.495. The largest absolute Gasteiger partial charge is 0.468 e. The minimum atomic E-state index is -0.495. The maximum absolute atomic E-state index is 12.2. The third-order valence-electron chi connectivity index (χ3n) is 4.43. The lowest BCUT2D eigenvalue weighted by atomic mass is 9.71. The Kier molecular flexibility index (Phi) is 4.63. The van der Waals surface area contributed by atoms with Gasteiger partial charge in [-0.1, -0.05) is 19.9 Å². The van der Waals surface area contributed by atoms with Crippen molar-refractivity contribution < 1.29 is 9.53 Å². The molecular weight excluding hydrogens is 258 g/mol. The van der Waals surface area contributed by atoms with Crippen molar-refractivity contribution in [2.24, 2.45) is 11.8 Å². The fraction of sp³-hybridized carbons (Fsp3) is 0.667. The highest BCUT2D eigenvalue weighted by atomic mass is 32.1. The molecule has 1 aliphatic rings. The van der Waals surface area contributed by atoms with Gasteiger partial charge in [0.05, 0.1) is 7.11 Å². The highest BCUT2D eigenvalue weighted by molar-refractivity contribution is 7.09. The Bertz CT molecular complexity index is 418. The van der Waals surface area contributed by atoms with Crippen LogP contribution in [0.2, 0.25) is 0 Å². The summed E-state index contributed by atoms with van der Waals surface area (Å²) < 4.78 is 5.05. The maximum Gasteiger partial charge on any atom is 0.326 e. The van der Waals surface area contributed by atoms with E-state index in [9.17, 15) is 4.79 Å². The van der Waals surface area contributed by atoms with Crippen LogP contribution >= 0.6 is 11.3 Å². The van der Waals surface area contributed by atoms with Gasteiger partial charge in [0.2, 0.25) is 0 Å². The van der Waals surface area contributed by atoms with Gasteiger partial charge in [0, 0.05) is 11.4 Å². The molecule has 4 heteroatoms. The van der Waals surface area contributed by atoms with Crippen molar-refractivity contribution in [2.75, 3.05) is 7.11 Å². The second kappa shape index (κ2) is 6.06. The summed E-state index contributed by atoms with van der Waals surface area (Å²) in [6, 6.07) is 4.13. The van der Waals surface area contributed by atoms with Gasteiger partial charge in [-0.25, -0.2) is 0 Å². The van der Waals surface area contributed by atoms with Crippen LogP contribution in [0.25, 0.3) is 0 Å². The van der Waals surface area contributed by atoms with E-state index in [2.05, 4.69) is 30.6 Å². The highest BCUT2D eigenvalue weighted by Crippen LogP contribution is 2.37. The van der Waals surface area contributed by atoms with E-state index >= 15 is 0 Å². The molecule has 1 aromatic rings. The molecule has 0 aliphatic heterocycles. The predicted octanol–water partition coefficient (Wildman–Crippen LogP) is 3.21. The van der Waals surface area contributed by atoms with E-state index in [-0.39, 0.29) is 5.97 Å². The summed E-state index contributed by atoms with van der Waals surface area (Å²) in [7, 11) is 1.49. The molecule has 1 saturated carbocycles. The van der Waals surface area contributed by atoms with Crippen molar-refractivity contribution in [1.29, 1.82) is 0 Å². The number of nitrogens with one attached hydrogen (secondary N) is 1. The average molecular weight is 281 g/mol. The van der Waals surface area contributed by atoms with E-state index in [1.807, 2.05) is 6.07 Å². The van der Waals surface area contributed by atoms with E-state index in [1.54, 1.807) is 11.3 Å². The molecular formula is C15H23NO2S. The minimum absolute atomic E-state index is 0.109. The predicted molar refractivity (Wildman–Crippen MR) is 78.1 cm³/mol. The van der Waals surface area contributed by atoms with E-state index < -0.39 is 5.54 Å². The molecule has 1 aromatic heterocycles. The van der Waals surface area contributed by atoms with Gasteiger partial charge >= 0.3 is 5.97 Å². The zero-order valence-corrected chi connectivity index (χ0v) is 12.8. The molecule has 0 spiro atoms. The zero-order chi connectivity index (χ0) is 13.9. The SMILES string of the molecule is COC(=O)C1(NCc2cccs2)CCC(C)C(C)C1. The summed E-state index contributed by atoms with van der Waals surface area (Å²) in [6.07, 6.45) is 2.82. The summed E-state index contributed by atoms with van der Waals surface area (Å²) in [6.45, 7) is 5.24. The topological polar surface area (TPSA) is 38.3 Å². The molecule has 1 fully saturated rings. The molecule has 0 aromatic carbocycles. The molecule has 3 atom stereocenters. The number of hydrogen-bond acceptors (Lipinski definition) is 4. The lowest BCUT2D eigenvalue weighted by molar-refractivity contribution is -0.151. The number of esters is 1. The first-order chi connectivity index (χ1) is 9.07. The van der Waals surface area contributed by atoms with Gasteiger partial charge < -0.3 is 4.74 Å². The summed E-state index contributed by atoms with van der Waals surface area (Å²) in [5, 5.41) is 5.54. The first kappa shape index (κ1) is 14.5. The Morgan fingerprint density at radius 3 is 2.89 bits per heavy atom. The van der Waals surface area contributed by atoms with Gasteiger partial charge in [-0.2, -0.15) is 0 Å². The number of rotatable bonds is 4. The van der Waals surface area contributed by atoms with Crippen LogP contribution in [-0.4, -0.2) is 18.6 Å². The molecule has 0 saturated heterocycles. The second-order valence-corrected chi connectivity index (χ2v) is 6.74. The van der Waals surface area contributed by atoms with Gasteiger partial charge in [-0.15, -0.1) is 11.3 Å². The molecule has 2 rings (SSSR count). The number of thiophene rings is 1. The van der Waals surface area contributed by atoms with Gasteiger partial charge in [-0.05, 0) is 42.5 Å². The summed E-state index contributed by atoms with van der Waals surface area (Å²) in [4.78, 5) is 13.5. The molecule has 0 bridgehead atoms. The normalized spacial score (nSPS) is 31.1. The molecule has 19 heavy (non-hydrogen) atoms. The van der Waals surface area contributed by atoms with Crippen LogP contribution in [0.5, 0.6) is 0 Å². The van der Waals surface area contributed by atoms with Crippen molar-refractivity contribution in [3.63, 3.8) is 0 Å². The Morgan fingerprint density at radius 2 is 2.32 bits per heavy atom. The van der Waals surface area contributed by atoms with E-state index in [0.29, 0.717) is 11.8 Å². The van der Waals surface area contributed by atoms with Gasteiger partial charge in [-0.3, -0.25) is 10.1 Å². The van der Waals surface area contributed by atoms with Crippen LogP contribution in [0.15, 0.2) is 17.5 Å². The van der Waals surface area contributed by atoms with Crippen molar-refractivity contribution in [3.8, 4) is 0 Å². The molecule has 3 nitrogen and oxygen atoms in total. The van der Waals surface area contributed by atoms with E-state index in [1.165, 1.54) is 12.0 Å². The van der Waals surface area contributed by atoms with Crippen molar-refractivity contribution >= 4 is 17.3 Å². The standard InChI is InChI=1S/C15H23NO2S/c1-11-6-7-15(9-12(11)2,14(17)18-3)16-10-13-5-4-8-19-13/h4-5,8,11-12,16H,6-7,9-10H2,1-3H3. The maximum atomic E-state index is 12.2. The smallest absolute Gasteiger partial charge is 0.326 e. The number of methoxy groups -OCH3 is 1. The first-order valence-electron chi connectivity index (χ1n) is 6.93. The Labute approximate surface area is 119 Å². The number of hydrogen-bond donors (Lipinski definition) is 1. The summed E-state index contributed by atoms with van der Waals surface area (Å²) in [5.74, 6) is 1.12. The van der Waals surface area contributed by atoms with E-state index in [0.717, 1.165) is 25.8 Å². The van der Waals surface area contributed by atoms with Gasteiger partial charge in [0.15, 0.2) is 0 Å². The zero-order valence-electron chi connectivity index (χ0n) is 11.9. The van der Waals surface area contributed by atoms with Crippen LogP contribution in [0.3, 0.4) is 0 Å². The van der Waals surface area contributed by atoms with Crippen LogP contribution in [0.1, 0.15) is 38.0 Å².